The van der Waals surface area contributed by atoms with E-state index >= 15 is 0 Å². The van der Waals surface area contributed by atoms with E-state index in [0.717, 1.165) is 42.4 Å². The van der Waals surface area contributed by atoms with E-state index in [4.69, 9.17) is 10.7 Å². The van der Waals surface area contributed by atoms with Crippen LogP contribution in [0.15, 0.2) is 104 Å². The fourth-order valence-electron chi connectivity index (χ4n) is 7.27. The molecule has 7 nitrogen and oxygen atoms in total. The van der Waals surface area contributed by atoms with Crippen molar-refractivity contribution >= 4 is 5.91 Å². The van der Waals surface area contributed by atoms with E-state index in [9.17, 15) is 15.0 Å². The number of carbonyl (C=O) groups excluding carboxylic acids is 1. The van der Waals surface area contributed by atoms with Crippen molar-refractivity contribution in [1.29, 1.82) is 0 Å². The third-order valence-electron chi connectivity index (χ3n) is 9.87. The Morgan fingerprint density at radius 2 is 1.38 bits per heavy atom. The van der Waals surface area contributed by atoms with Gasteiger partial charge in [-0.1, -0.05) is 123 Å². The van der Waals surface area contributed by atoms with E-state index < -0.39 is 29.8 Å². The number of benzene rings is 3. The molecule has 4 aromatic rings. The van der Waals surface area contributed by atoms with Gasteiger partial charge in [-0.3, -0.25) is 4.79 Å². The number of aliphatic hydroxyl groups is 2. The molecule has 4 atom stereocenters. The number of amides is 1. The molecule has 45 heavy (non-hydrogen) atoms. The van der Waals surface area contributed by atoms with Gasteiger partial charge in [-0.25, -0.2) is 4.98 Å². The molecule has 0 radical (unpaired) electrons. The molecular weight excluding hydrogens is 560 g/mol. The molecule has 7 heteroatoms. The Morgan fingerprint density at radius 1 is 0.844 bits per heavy atom. The lowest BCUT2D eigenvalue weighted by atomic mass is 9.77. The first-order valence-corrected chi connectivity index (χ1v) is 16.6. The van der Waals surface area contributed by atoms with Gasteiger partial charge in [0, 0.05) is 12.6 Å². The molecule has 3 aromatic carbocycles. The monoisotopic (exact) mass is 606 g/mol. The van der Waals surface area contributed by atoms with Gasteiger partial charge in [0.05, 0.1) is 30.2 Å². The summed E-state index contributed by atoms with van der Waals surface area (Å²) < 4.78 is 2.12. The van der Waals surface area contributed by atoms with Gasteiger partial charge < -0.3 is 25.8 Å². The van der Waals surface area contributed by atoms with Gasteiger partial charge >= 0.3 is 0 Å². The summed E-state index contributed by atoms with van der Waals surface area (Å²) in [6.07, 6.45) is 10.5. The van der Waals surface area contributed by atoms with Crippen molar-refractivity contribution in [2.24, 2.45) is 17.6 Å². The molecule has 1 aromatic heterocycles. The molecule has 0 bridgehead atoms. The van der Waals surface area contributed by atoms with Gasteiger partial charge in [-0.2, -0.15) is 0 Å². The molecule has 0 saturated heterocycles. The van der Waals surface area contributed by atoms with Crippen LogP contribution in [0.5, 0.6) is 0 Å². The van der Waals surface area contributed by atoms with Crippen molar-refractivity contribution in [1.82, 2.24) is 14.9 Å². The van der Waals surface area contributed by atoms with Crippen LogP contribution in [-0.4, -0.2) is 50.0 Å². The molecule has 0 aliphatic heterocycles. The summed E-state index contributed by atoms with van der Waals surface area (Å²) >= 11 is 0. The summed E-state index contributed by atoms with van der Waals surface area (Å²) in [5.41, 5.74) is 9.78. The molecule has 2 fully saturated rings. The van der Waals surface area contributed by atoms with Crippen molar-refractivity contribution in [3.05, 3.63) is 126 Å². The maximum absolute atomic E-state index is 13.5. The van der Waals surface area contributed by atoms with Gasteiger partial charge in [0.15, 0.2) is 0 Å². The Labute approximate surface area is 266 Å². The van der Waals surface area contributed by atoms with Crippen LogP contribution in [0.25, 0.3) is 0 Å². The van der Waals surface area contributed by atoms with E-state index in [1.165, 1.54) is 19.3 Å². The Hall–Kier alpha value is -3.78. The molecule has 0 spiro atoms. The predicted molar refractivity (Wildman–Crippen MR) is 176 cm³/mol. The van der Waals surface area contributed by atoms with Crippen molar-refractivity contribution in [2.45, 2.75) is 87.6 Å². The number of aliphatic hydroxyl groups excluding tert-OH is 2. The van der Waals surface area contributed by atoms with Crippen LogP contribution in [0.1, 0.15) is 73.8 Å². The lowest BCUT2D eigenvalue weighted by Crippen LogP contribution is -2.54. The molecule has 1 heterocycles. The fourth-order valence-corrected chi connectivity index (χ4v) is 7.27. The topological polar surface area (TPSA) is 113 Å². The second-order valence-corrected chi connectivity index (χ2v) is 13.1. The maximum atomic E-state index is 13.5. The number of hydrogen-bond acceptors (Lipinski definition) is 5. The van der Waals surface area contributed by atoms with Crippen molar-refractivity contribution in [3.8, 4) is 0 Å². The minimum atomic E-state index is -1.00. The highest BCUT2D eigenvalue weighted by atomic mass is 16.3. The Balaban J connectivity index is 1.25. The summed E-state index contributed by atoms with van der Waals surface area (Å²) in [7, 11) is 0. The molecule has 236 valence electrons. The van der Waals surface area contributed by atoms with Crippen molar-refractivity contribution < 1.29 is 15.0 Å². The molecule has 5 N–H and O–H groups in total. The van der Waals surface area contributed by atoms with E-state index in [1.807, 2.05) is 67.1 Å². The van der Waals surface area contributed by atoms with E-state index in [-0.39, 0.29) is 18.2 Å². The zero-order valence-corrected chi connectivity index (χ0v) is 25.9. The van der Waals surface area contributed by atoms with Crippen LogP contribution in [-0.2, 0) is 16.8 Å². The summed E-state index contributed by atoms with van der Waals surface area (Å²) in [4.78, 5) is 18.3. The van der Waals surface area contributed by atoms with Gasteiger partial charge in [0.1, 0.15) is 11.6 Å². The average molecular weight is 607 g/mol. The highest BCUT2D eigenvalue weighted by Crippen LogP contribution is 2.41. The van der Waals surface area contributed by atoms with Gasteiger partial charge in [-0.15, -0.1) is 0 Å². The number of carbonyl (C=O) groups is 1. The first-order valence-electron chi connectivity index (χ1n) is 16.6. The van der Waals surface area contributed by atoms with E-state index in [1.54, 1.807) is 0 Å². The van der Waals surface area contributed by atoms with Crippen LogP contribution in [0.4, 0.5) is 0 Å². The minimum Gasteiger partial charge on any atom is -0.390 e. The summed E-state index contributed by atoms with van der Waals surface area (Å²) in [5.74, 6) is 0.217. The lowest BCUT2D eigenvalue weighted by Gasteiger charge is -2.37. The van der Waals surface area contributed by atoms with Crippen LogP contribution in [0.2, 0.25) is 0 Å². The molecule has 2 aliphatic rings. The van der Waals surface area contributed by atoms with Crippen LogP contribution in [0, 0.1) is 11.8 Å². The number of aromatic nitrogens is 2. The third-order valence-corrected chi connectivity index (χ3v) is 9.87. The summed E-state index contributed by atoms with van der Waals surface area (Å²) in [5, 5.41) is 24.9. The summed E-state index contributed by atoms with van der Waals surface area (Å²) in [6.45, 7) is 0. The number of imidazole rings is 1. The van der Waals surface area contributed by atoms with Gasteiger partial charge in [0.2, 0.25) is 5.91 Å². The van der Waals surface area contributed by atoms with Crippen LogP contribution < -0.4 is 11.1 Å². The molecule has 6 rings (SSSR count). The molecule has 2 aliphatic carbocycles. The summed E-state index contributed by atoms with van der Waals surface area (Å²) in [6, 6.07) is 29.7. The number of nitrogens with one attached hydrogen (secondary N) is 1. The van der Waals surface area contributed by atoms with Crippen LogP contribution in [0.3, 0.4) is 0 Å². The SMILES string of the molecule is NC(Cc1cn(C(c2ccccc2)(c2ccccc2)c2ccccc2)cn1)C(=O)N[C@@H](CC1CCCCC1)[C@@H](O)[C@@H](O)C1CC1. The fraction of sp³-hybridized carbons (Fsp3) is 0.421. The van der Waals surface area contributed by atoms with Crippen LogP contribution >= 0.6 is 0 Å². The number of hydrogen-bond donors (Lipinski definition) is 4. The van der Waals surface area contributed by atoms with Gasteiger partial charge in [-0.05, 0) is 47.8 Å². The van der Waals surface area contributed by atoms with Gasteiger partial charge in [0.25, 0.3) is 0 Å². The molecule has 1 amide bonds. The van der Waals surface area contributed by atoms with Crippen molar-refractivity contribution in [2.75, 3.05) is 0 Å². The quantitative estimate of drug-likeness (QED) is 0.157. The van der Waals surface area contributed by atoms with Crippen molar-refractivity contribution in [3.63, 3.8) is 0 Å². The molecule has 2 saturated carbocycles. The number of nitrogens with zero attached hydrogens (tertiary/aromatic N) is 2. The predicted octanol–water partition coefficient (Wildman–Crippen LogP) is 5.18. The number of nitrogens with two attached hydrogens (primary N) is 1. The Kier molecular flexibility index (Phi) is 9.79. The molecule has 1 unspecified atom stereocenters. The zero-order valence-electron chi connectivity index (χ0n) is 25.9. The first-order chi connectivity index (χ1) is 22.0. The largest absolute Gasteiger partial charge is 0.390 e. The highest BCUT2D eigenvalue weighted by Gasteiger charge is 2.40. The number of rotatable bonds is 13. The lowest BCUT2D eigenvalue weighted by molar-refractivity contribution is -0.125. The molecular formula is C38H46N4O3. The van der Waals surface area contributed by atoms with E-state index in [2.05, 4.69) is 46.3 Å². The third kappa shape index (κ3) is 6.91. The normalized spacial score (nSPS) is 18.6. The Morgan fingerprint density at radius 3 is 1.89 bits per heavy atom. The Bertz CT molecular complexity index is 1400. The average Bonchev–Trinajstić information content (AvgIpc) is 3.84. The second-order valence-electron chi connectivity index (χ2n) is 13.1. The zero-order chi connectivity index (χ0) is 31.2. The standard InChI is InChI=1S/C38H46N4O3/c39-33(37(45)41-34(23-27-13-5-1-6-14-27)36(44)35(43)28-21-22-28)24-32-25-42(26-40-32)38(29-15-7-2-8-16-29,30-17-9-3-10-18-30)31-19-11-4-12-20-31/h2-4,7-12,15-20,25-28,33-36,43-44H,1,5-6,13-14,21-24,39H2,(H,41,45)/t33?,34-,35-,36+/m0/s1. The minimum absolute atomic E-state index is 0.113. The second kappa shape index (κ2) is 14.1. The first kappa shape index (κ1) is 31.2. The smallest absolute Gasteiger partial charge is 0.237 e. The highest BCUT2D eigenvalue weighted by molar-refractivity contribution is 5.82. The van der Waals surface area contributed by atoms with E-state index in [0.29, 0.717) is 18.0 Å². The maximum Gasteiger partial charge on any atom is 0.237 e.